The maximum atomic E-state index is 12.4. The Labute approximate surface area is 99.2 Å². The third-order valence-electron chi connectivity index (χ3n) is 2.99. The molecule has 1 aromatic rings. The number of halogens is 3. The zero-order chi connectivity index (χ0) is 13.3. The Hall–Kier alpha value is -1.23. The van der Waals surface area contributed by atoms with Crippen molar-refractivity contribution in [2.75, 3.05) is 18.5 Å². The Kier molecular flexibility index (Phi) is 3.71. The maximum absolute atomic E-state index is 12.4. The van der Waals surface area contributed by atoms with Gasteiger partial charge in [-0.05, 0) is 38.1 Å². The van der Waals surface area contributed by atoms with Crippen molar-refractivity contribution in [3.05, 3.63) is 29.8 Å². The SMILES string of the molecule is CN(c1ccc(C(F)(F)F)cc1)C(C)(C)CN. The van der Waals surface area contributed by atoms with Gasteiger partial charge in [0.25, 0.3) is 0 Å². The van der Waals surface area contributed by atoms with Gasteiger partial charge in [-0.1, -0.05) is 0 Å². The van der Waals surface area contributed by atoms with E-state index in [9.17, 15) is 13.2 Å². The van der Waals surface area contributed by atoms with E-state index in [1.165, 1.54) is 12.1 Å². The van der Waals surface area contributed by atoms with Gasteiger partial charge in [-0.2, -0.15) is 13.2 Å². The summed E-state index contributed by atoms with van der Waals surface area (Å²) in [6, 6.07) is 5.08. The molecular formula is C12H17F3N2. The van der Waals surface area contributed by atoms with Gasteiger partial charge in [-0.3, -0.25) is 0 Å². The lowest BCUT2D eigenvalue weighted by Gasteiger charge is -2.36. The Bertz CT molecular complexity index is 368. The van der Waals surface area contributed by atoms with Gasteiger partial charge < -0.3 is 10.6 Å². The lowest BCUT2D eigenvalue weighted by atomic mass is 10.0. The van der Waals surface area contributed by atoms with Crippen LogP contribution in [0.25, 0.3) is 0 Å². The first-order valence-corrected chi connectivity index (χ1v) is 5.29. The molecule has 0 heterocycles. The molecule has 0 aliphatic heterocycles. The van der Waals surface area contributed by atoms with E-state index in [1.54, 1.807) is 0 Å². The van der Waals surface area contributed by atoms with E-state index in [2.05, 4.69) is 0 Å². The zero-order valence-electron chi connectivity index (χ0n) is 10.2. The van der Waals surface area contributed by atoms with E-state index in [0.717, 1.165) is 12.1 Å². The van der Waals surface area contributed by atoms with Crippen LogP contribution in [-0.2, 0) is 6.18 Å². The van der Waals surface area contributed by atoms with Crippen molar-refractivity contribution in [3.63, 3.8) is 0 Å². The van der Waals surface area contributed by atoms with Crippen LogP contribution in [0.5, 0.6) is 0 Å². The minimum absolute atomic E-state index is 0.292. The molecule has 0 aliphatic carbocycles. The molecule has 0 aliphatic rings. The highest BCUT2D eigenvalue weighted by molar-refractivity contribution is 5.49. The molecule has 0 spiro atoms. The van der Waals surface area contributed by atoms with Crippen LogP contribution in [0.1, 0.15) is 19.4 Å². The Morgan fingerprint density at radius 1 is 1.12 bits per heavy atom. The second-order valence-corrected chi connectivity index (χ2v) is 4.62. The average Bonchev–Trinajstić information content (AvgIpc) is 2.27. The Morgan fingerprint density at radius 2 is 1.59 bits per heavy atom. The predicted octanol–water partition coefficient (Wildman–Crippen LogP) is 2.88. The average molecular weight is 246 g/mol. The molecule has 2 nitrogen and oxygen atoms in total. The zero-order valence-corrected chi connectivity index (χ0v) is 10.2. The third kappa shape index (κ3) is 3.12. The molecule has 17 heavy (non-hydrogen) atoms. The fraction of sp³-hybridized carbons (Fsp3) is 0.500. The summed E-state index contributed by atoms with van der Waals surface area (Å²) in [4.78, 5) is 1.87. The Morgan fingerprint density at radius 3 is 1.94 bits per heavy atom. The predicted molar refractivity (Wildman–Crippen MR) is 63.0 cm³/mol. The quantitative estimate of drug-likeness (QED) is 0.888. The number of likely N-dealkylation sites (N-methyl/N-ethyl adjacent to an activating group) is 1. The van der Waals surface area contributed by atoms with Crippen LogP contribution >= 0.6 is 0 Å². The second-order valence-electron chi connectivity index (χ2n) is 4.62. The van der Waals surface area contributed by atoms with Crippen molar-refractivity contribution in [2.24, 2.45) is 5.73 Å². The van der Waals surface area contributed by atoms with Gasteiger partial charge in [-0.25, -0.2) is 0 Å². The number of nitrogens with two attached hydrogens (primary N) is 1. The van der Waals surface area contributed by atoms with Crippen molar-refractivity contribution >= 4 is 5.69 Å². The first-order valence-electron chi connectivity index (χ1n) is 5.29. The van der Waals surface area contributed by atoms with Crippen LogP contribution in [0, 0.1) is 0 Å². The topological polar surface area (TPSA) is 29.3 Å². The second kappa shape index (κ2) is 4.56. The molecular weight excluding hydrogens is 229 g/mol. The highest BCUT2D eigenvalue weighted by Crippen LogP contribution is 2.31. The summed E-state index contributed by atoms with van der Waals surface area (Å²) in [5.74, 6) is 0. The van der Waals surface area contributed by atoms with Gasteiger partial charge in [0.05, 0.1) is 5.56 Å². The van der Waals surface area contributed by atoms with Crippen LogP contribution in [0.2, 0.25) is 0 Å². The van der Waals surface area contributed by atoms with Crippen molar-refractivity contribution in [2.45, 2.75) is 25.6 Å². The molecule has 0 fully saturated rings. The summed E-state index contributed by atoms with van der Waals surface area (Å²) in [5.41, 5.74) is 5.41. The summed E-state index contributed by atoms with van der Waals surface area (Å²) in [6.07, 6.45) is -4.29. The number of benzene rings is 1. The lowest BCUT2D eigenvalue weighted by molar-refractivity contribution is -0.137. The van der Waals surface area contributed by atoms with Crippen LogP contribution in [0.15, 0.2) is 24.3 Å². The van der Waals surface area contributed by atoms with Crippen molar-refractivity contribution in [1.29, 1.82) is 0 Å². The lowest BCUT2D eigenvalue weighted by Crippen LogP contribution is -2.47. The number of alkyl halides is 3. The van der Waals surface area contributed by atoms with E-state index in [4.69, 9.17) is 5.73 Å². The van der Waals surface area contributed by atoms with E-state index in [0.29, 0.717) is 12.2 Å². The largest absolute Gasteiger partial charge is 0.416 e. The molecule has 0 saturated heterocycles. The molecule has 0 bridgehead atoms. The summed E-state index contributed by atoms with van der Waals surface area (Å²) in [5, 5.41) is 0. The summed E-state index contributed by atoms with van der Waals surface area (Å²) in [7, 11) is 1.81. The number of hydrogen-bond acceptors (Lipinski definition) is 2. The van der Waals surface area contributed by atoms with E-state index in [1.807, 2.05) is 25.8 Å². The molecule has 0 atom stereocenters. The highest BCUT2D eigenvalue weighted by Gasteiger charge is 2.30. The van der Waals surface area contributed by atoms with Gasteiger partial charge >= 0.3 is 6.18 Å². The molecule has 96 valence electrons. The van der Waals surface area contributed by atoms with Crippen LogP contribution in [0.3, 0.4) is 0 Å². The summed E-state index contributed by atoms with van der Waals surface area (Å²) >= 11 is 0. The van der Waals surface area contributed by atoms with E-state index < -0.39 is 11.7 Å². The molecule has 0 amide bonds. The monoisotopic (exact) mass is 246 g/mol. The highest BCUT2D eigenvalue weighted by atomic mass is 19.4. The van der Waals surface area contributed by atoms with Gasteiger partial charge in [0.15, 0.2) is 0 Å². The van der Waals surface area contributed by atoms with Crippen molar-refractivity contribution in [1.82, 2.24) is 0 Å². The standard InChI is InChI=1S/C12H17F3N2/c1-11(2,8-16)17(3)10-6-4-9(5-7-10)12(13,14)15/h4-7H,8,16H2,1-3H3. The third-order valence-corrected chi connectivity index (χ3v) is 2.99. The van der Waals surface area contributed by atoms with E-state index in [-0.39, 0.29) is 5.54 Å². The van der Waals surface area contributed by atoms with Gasteiger partial charge in [0.2, 0.25) is 0 Å². The number of rotatable bonds is 3. The fourth-order valence-electron chi connectivity index (χ4n) is 1.36. The number of hydrogen-bond donors (Lipinski definition) is 1. The minimum atomic E-state index is -4.29. The molecule has 0 saturated carbocycles. The maximum Gasteiger partial charge on any atom is 0.416 e. The molecule has 0 radical (unpaired) electrons. The molecule has 0 unspecified atom stereocenters. The Balaban J connectivity index is 2.96. The first kappa shape index (κ1) is 13.8. The van der Waals surface area contributed by atoms with Gasteiger partial charge in [0.1, 0.15) is 0 Å². The summed E-state index contributed by atoms with van der Waals surface area (Å²) < 4.78 is 37.2. The first-order chi connectivity index (χ1) is 7.68. The van der Waals surface area contributed by atoms with Crippen LogP contribution < -0.4 is 10.6 Å². The molecule has 5 heteroatoms. The molecule has 1 rings (SSSR count). The van der Waals surface area contributed by atoms with Gasteiger partial charge in [0, 0.05) is 24.8 Å². The summed E-state index contributed by atoms with van der Waals surface area (Å²) in [6.45, 7) is 4.29. The molecule has 1 aromatic carbocycles. The minimum Gasteiger partial charge on any atom is -0.368 e. The van der Waals surface area contributed by atoms with Crippen LogP contribution in [0.4, 0.5) is 18.9 Å². The number of nitrogens with zero attached hydrogens (tertiary/aromatic N) is 1. The molecule has 2 N–H and O–H groups in total. The number of anilines is 1. The van der Waals surface area contributed by atoms with Crippen molar-refractivity contribution in [3.8, 4) is 0 Å². The fourth-order valence-corrected chi connectivity index (χ4v) is 1.36. The van der Waals surface area contributed by atoms with Crippen molar-refractivity contribution < 1.29 is 13.2 Å². The van der Waals surface area contributed by atoms with E-state index >= 15 is 0 Å². The van der Waals surface area contributed by atoms with Crippen LogP contribution in [-0.4, -0.2) is 19.1 Å². The normalized spacial score (nSPS) is 12.6. The van der Waals surface area contributed by atoms with Gasteiger partial charge in [-0.15, -0.1) is 0 Å². The molecule has 0 aromatic heterocycles. The smallest absolute Gasteiger partial charge is 0.368 e.